The molecule has 1 N–H and O–H groups in total. The summed E-state index contributed by atoms with van der Waals surface area (Å²) in [5.74, 6) is 0.851. The largest absolute Gasteiger partial charge is 0.354 e. The van der Waals surface area contributed by atoms with Gasteiger partial charge >= 0.3 is 0 Å². The molecule has 6 heteroatoms. The maximum Gasteiger partial charge on any atom is 0.225 e. The van der Waals surface area contributed by atoms with E-state index in [4.69, 9.17) is 11.6 Å². The van der Waals surface area contributed by atoms with E-state index in [0.717, 1.165) is 42.0 Å². The second-order valence-corrected chi connectivity index (χ2v) is 8.21. The zero-order chi connectivity index (χ0) is 20.9. The molecule has 1 aliphatic rings. The van der Waals surface area contributed by atoms with Crippen LogP contribution in [0.25, 0.3) is 11.3 Å². The van der Waals surface area contributed by atoms with Crippen LogP contribution in [0.3, 0.4) is 0 Å². The summed E-state index contributed by atoms with van der Waals surface area (Å²) in [4.78, 5) is 14.8. The van der Waals surface area contributed by atoms with Gasteiger partial charge < -0.3 is 10.2 Å². The monoisotopic (exact) mass is 420 g/mol. The summed E-state index contributed by atoms with van der Waals surface area (Å²) in [7, 11) is 0. The van der Waals surface area contributed by atoms with Crippen molar-refractivity contribution in [2.24, 2.45) is 5.92 Å². The van der Waals surface area contributed by atoms with Crippen molar-refractivity contribution in [2.45, 2.75) is 26.3 Å². The van der Waals surface area contributed by atoms with Gasteiger partial charge in [0, 0.05) is 30.2 Å². The number of anilines is 1. The first kappa shape index (κ1) is 20.4. The lowest BCUT2D eigenvalue weighted by Crippen LogP contribution is -2.43. The average Bonchev–Trinajstić information content (AvgIpc) is 2.79. The van der Waals surface area contributed by atoms with Gasteiger partial charge in [0.25, 0.3) is 0 Å². The third kappa shape index (κ3) is 4.97. The molecule has 0 radical (unpaired) electrons. The standard InChI is InChI=1S/C24H25ClN4O/c1-17-4-8-19(9-5-17)22-12-13-23(28-27-22)29-14-2-3-20(16-29)24(30)26-15-18-6-10-21(25)11-7-18/h4-13,20H,2-3,14-16H2,1H3,(H,26,30)/t20-/m1/s1. The van der Waals surface area contributed by atoms with Crippen LogP contribution >= 0.6 is 11.6 Å². The van der Waals surface area contributed by atoms with Crippen molar-refractivity contribution < 1.29 is 4.79 Å². The van der Waals surface area contributed by atoms with Gasteiger partial charge in [0.1, 0.15) is 0 Å². The third-order valence-electron chi connectivity index (χ3n) is 5.49. The molecule has 154 valence electrons. The Hall–Kier alpha value is -2.92. The van der Waals surface area contributed by atoms with Gasteiger partial charge in [-0.25, -0.2) is 0 Å². The molecule has 1 aliphatic heterocycles. The fourth-order valence-electron chi connectivity index (χ4n) is 3.71. The molecule has 2 aromatic carbocycles. The number of nitrogens with zero attached hydrogens (tertiary/aromatic N) is 3. The SMILES string of the molecule is Cc1ccc(-c2ccc(N3CCC[C@@H](C(=O)NCc4ccc(Cl)cc4)C3)nn2)cc1. The summed E-state index contributed by atoms with van der Waals surface area (Å²) in [5, 5.41) is 12.6. The van der Waals surface area contributed by atoms with Crippen molar-refractivity contribution in [3.63, 3.8) is 0 Å². The Morgan fingerprint density at radius 3 is 2.53 bits per heavy atom. The molecule has 0 unspecified atom stereocenters. The highest BCUT2D eigenvalue weighted by Crippen LogP contribution is 2.24. The van der Waals surface area contributed by atoms with Crippen LogP contribution in [0.1, 0.15) is 24.0 Å². The van der Waals surface area contributed by atoms with E-state index in [2.05, 4.69) is 51.6 Å². The van der Waals surface area contributed by atoms with Crippen molar-refractivity contribution in [1.29, 1.82) is 0 Å². The zero-order valence-electron chi connectivity index (χ0n) is 17.0. The Balaban J connectivity index is 1.36. The van der Waals surface area contributed by atoms with E-state index in [1.165, 1.54) is 5.56 Å². The molecule has 3 aromatic rings. The van der Waals surface area contributed by atoms with Crippen LogP contribution in [0, 0.1) is 12.8 Å². The number of rotatable bonds is 5. The second kappa shape index (κ2) is 9.26. The first-order chi connectivity index (χ1) is 14.6. The van der Waals surface area contributed by atoms with Gasteiger partial charge in [-0.15, -0.1) is 10.2 Å². The van der Waals surface area contributed by atoms with Crippen molar-refractivity contribution in [3.05, 3.63) is 76.8 Å². The molecule has 1 amide bonds. The van der Waals surface area contributed by atoms with Gasteiger partial charge in [0.2, 0.25) is 5.91 Å². The number of piperidine rings is 1. The topological polar surface area (TPSA) is 58.1 Å². The highest BCUT2D eigenvalue weighted by molar-refractivity contribution is 6.30. The Morgan fingerprint density at radius 2 is 1.83 bits per heavy atom. The molecule has 4 rings (SSSR count). The summed E-state index contributed by atoms with van der Waals surface area (Å²) in [5.41, 5.74) is 4.17. The lowest BCUT2D eigenvalue weighted by molar-refractivity contribution is -0.125. The first-order valence-corrected chi connectivity index (χ1v) is 10.6. The molecular weight excluding hydrogens is 396 g/mol. The summed E-state index contributed by atoms with van der Waals surface area (Å²) in [6, 6.07) is 19.8. The van der Waals surface area contributed by atoms with Crippen LogP contribution in [0.2, 0.25) is 5.02 Å². The van der Waals surface area contributed by atoms with E-state index in [9.17, 15) is 4.79 Å². The van der Waals surface area contributed by atoms with Gasteiger partial charge in [-0.1, -0.05) is 53.6 Å². The summed E-state index contributed by atoms with van der Waals surface area (Å²) >= 11 is 5.92. The van der Waals surface area contributed by atoms with E-state index in [1.54, 1.807) is 0 Å². The molecule has 0 spiro atoms. The fraction of sp³-hybridized carbons (Fsp3) is 0.292. The van der Waals surface area contributed by atoms with E-state index < -0.39 is 0 Å². The highest BCUT2D eigenvalue weighted by atomic mass is 35.5. The average molecular weight is 421 g/mol. The second-order valence-electron chi connectivity index (χ2n) is 7.77. The van der Waals surface area contributed by atoms with E-state index in [0.29, 0.717) is 18.1 Å². The Morgan fingerprint density at radius 1 is 1.07 bits per heavy atom. The maximum absolute atomic E-state index is 12.7. The van der Waals surface area contributed by atoms with Crippen LogP contribution in [0.5, 0.6) is 0 Å². The minimum absolute atomic E-state index is 0.0513. The fourth-order valence-corrected chi connectivity index (χ4v) is 3.83. The summed E-state index contributed by atoms with van der Waals surface area (Å²) in [6.45, 7) is 4.12. The number of halogens is 1. The first-order valence-electron chi connectivity index (χ1n) is 10.3. The minimum atomic E-state index is -0.0513. The number of carbonyl (C=O) groups excluding carboxylic acids is 1. The van der Waals surface area contributed by atoms with Crippen LogP contribution in [0.15, 0.2) is 60.7 Å². The van der Waals surface area contributed by atoms with Crippen molar-refractivity contribution in [3.8, 4) is 11.3 Å². The quantitative estimate of drug-likeness (QED) is 0.653. The number of aromatic nitrogens is 2. The molecule has 0 aliphatic carbocycles. The lowest BCUT2D eigenvalue weighted by atomic mass is 9.97. The number of hydrogen-bond donors (Lipinski definition) is 1. The summed E-state index contributed by atoms with van der Waals surface area (Å²) in [6.07, 6.45) is 1.85. The maximum atomic E-state index is 12.7. The van der Waals surface area contributed by atoms with Crippen molar-refractivity contribution >= 4 is 23.3 Å². The minimum Gasteiger partial charge on any atom is -0.354 e. The van der Waals surface area contributed by atoms with E-state index >= 15 is 0 Å². The molecule has 0 bridgehead atoms. The van der Waals surface area contributed by atoms with E-state index in [-0.39, 0.29) is 11.8 Å². The highest BCUT2D eigenvalue weighted by Gasteiger charge is 2.26. The number of amides is 1. The number of hydrogen-bond acceptors (Lipinski definition) is 4. The van der Waals surface area contributed by atoms with Crippen LogP contribution in [-0.2, 0) is 11.3 Å². The number of nitrogens with one attached hydrogen (secondary N) is 1. The summed E-state index contributed by atoms with van der Waals surface area (Å²) < 4.78 is 0. The molecule has 1 fully saturated rings. The molecule has 2 heterocycles. The van der Waals surface area contributed by atoms with Gasteiger partial charge in [-0.3, -0.25) is 4.79 Å². The predicted octanol–water partition coefficient (Wildman–Crippen LogP) is 4.64. The Labute approximate surface area is 182 Å². The Bertz CT molecular complexity index is 987. The molecule has 5 nitrogen and oxygen atoms in total. The lowest BCUT2D eigenvalue weighted by Gasteiger charge is -2.32. The smallest absolute Gasteiger partial charge is 0.225 e. The predicted molar refractivity (Wildman–Crippen MR) is 120 cm³/mol. The van der Waals surface area contributed by atoms with Gasteiger partial charge in [-0.05, 0) is 49.6 Å². The van der Waals surface area contributed by atoms with Crippen LogP contribution in [0.4, 0.5) is 5.82 Å². The molecule has 0 saturated carbocycles. The number of carbonyl (C=O) groups is 1. The van der Waals surface area contributed by atoms with Crippen molar-refractivity contribution in [2.75, 3.05) is 18.0 Å². The van der Waals surface area contributed by atoms with Gasteiger partial charge in [0.05, 0.1) is 11.6 Å². The molecule has 30 heavy (non-hydrogen) atoms. The number of aryl methyl sites for hydroxylation is 1. The third-order valence-corrected chi connectivity index (χ3v) is 5.75. The Kier molecular flexibility index (Phi) is 6.29. The zero-order valence-corrected chi connectivity index (χ0v) is 17.8. The van der Waals surface area contributed by atoms with Crippen LogP contribution < -0.4 is 10.2 Å². The van der Waals surface area contributed by atoms with E-state index in [1.807, 2.05) is 36.4 Å². The molecule has 1 saturated heterocycles. The normalized spacial score (nSPS) is 16.3. The van der Waals surface area contributed by atoms with Gasteiger partial charge in [0.15, 0.2) is 5.82 Å². The number of benzene rings is 2. The molecule has 1 aromatic heterocycles. The van der Waals surface area contributed by atoms with Crippen LogP contribution in [-0.4, -0.2) is 29.2 Å². The van der Waals surface area contributed by atoms with Crippen molar-refractivity contribution in [1.82, 2.24) is 15.5 Å². The van der Waals surface area contributed by atoms with Gasteiger partial charge in [-0.2, -0.15) is 0 Å². The molecule has 1 atom stereocenters. The molecular formula is C24H25ClN4O.